The normalized spacial score (nSPS) is 21.0. The summed E-state index contributed by atoms with van der Waals surface area (Å²) in [6.07, 6.45) is 2.25. The molecule has 116 valence electrons. The Morgan fingerprint density at radius 1 is 1.43 bits per heavy atom. The first-order valence-electron chi connectivity index (χ1n) is 7.42. The van der Waals surface area contributed by atoms with Gasteiger partial charge in [0.1, 0.15) is 5.82 Å². The number of benzene rings is 1. The van der Waals surface area contributed by atoms with Crippen LogP contribution in [0.2, 0.25) is 0 Å². The summed E-state index contributed by atoms with van der Waals surface area (Å²) in [5.74, 6) is -0.530. The molecule has 0 bridgehead atoms. The van der Waals surface area contributed by atoms with Gasteiger partial charge in [-0.1, -0.05) is 6.07 Å². The second kappa shape index (κ2) is 7.00. The van der Waals surface area contributed by atoms with Gasteiger partial charge in [0.2, 0.25) is 5.91 Å². The third kappa shape index (κ3) is 4.25. The van der Waals surface area contributed by atoms with Crippen LogP contribution >= 0.6 is 0 Å². The Kier molecular flexibility index (Phi) is 5.31. The van der Waals surface area contributed by atoms with Crippen LogP contribution in [0.25, 0.3) is 0 Å². The molecule has 4 nitrogen and oxygen atoms in total. The molecule has 0 saturated carbocycles. The van der Waals surface area contributed by atoms with Crippen molar-refractivity contribution in [2.24, 2.45) is 0 Å². The highest BCUT2D eigenvalue weighted by atomic mass is 19.1. The van der Waals surface area contributed by atoms with E-state index in [0.29, 0.717) is 5.69 Å². The summed E-state index contributed by atoms with van der Waals surface area (Å²) >= 11 is 0. The predicted molar refractivity (Wildman–Crippen MR) is 80.8 cm³/mol. The van der Waals surface area contributed by atoms with Crippen LogP contribution in [0.3, 0.4) is 0 Å². The van der Waals surface area contributed by atoms with Crippen LogP contribution in [0.5, 0.6) is 0 Å². The van der Waals surface area contributed by atoms with Gasteiger partial charge < -0.3 is 15.4 Å². The van der Waals surface area contributed by atoms with E-state index >= 15 is 0 Å². The molecule has 1 heterocycles. The van der Waals surface area contributed by atoms with E-state index in [4.69, 9.17) is 4.74 Å². The van der Waals surface area contributed by atoms with Crippen molar-refractivity contribution < 1.29 is 13.9 Å². The average Bonchev–Trinajstić information content (AvgIpc) is 2.97. The van der Waals surface area contributed by atoms with E-state index in [1.165, 1.54) is 12.1 Å². The molecular formula is C16H23FN2O2. The molecule has 1 aromatic carbocycles. The third-order valence-electron chi connectivity index (χ3n) is 3.89. The van der Waals surface area contributed by atoms with Crippen molar-refractivity contribution in [1.29, 1.82) is 0 Å². The summed E-state index contributed by atoms with van der Waals surface area (Å²) in [6, 6.07) is 4.11. The molecule has 0 spiro atoms. The molecule has 1 fully saturated rings. The van der Waals surface area contributed by atoms with Crippen LogP contribution in [-0.2, 0) is 9.53 Å². The van der Waals surface area contributed by atoms with Crippen molar-refractivity contribution in [3.63, 3.8) is 0 Å². The molecule has 0 radical (unpaired) electrons. The Labute approximate surface area is 125 Å². The van der Waals surface area contributed by atoms with Gasteiger partial charge >= 0.3 is 0 Å². The highest BCUT2D eigenvalue weighted by Crippen LogP contribution is 2.17. The molecule has 0 aliphatic carbocycles. The van der Waals surface area contributed by atoms with Crippen molar-refractivity contribution >= 4 is 11.6 Å². The van der Waals surface area contributed by atoms with E-state index in [-0.39, 0.29) is 29.9 Å². The molecule has 1 aliphatic rings. The number of rotatable bonds is 5. The molecule has 1 amide bonds. The number of nitrogens with one attached hydrogen (secondary N) is 2. The minimum atomic E-state index is -0.369. The van der Waals surface area contributed by atoms with Crippen molar-refractivity contribution in [2.45, 2.75) is 51.8 Å². The molecule has 1 aliphatic heterocycles. The Morgan fingerprint density at radius 3 is 2.86 bits per heavy atom. The van der Waals surface area contributed by atoms with E-state index in [1.54, 1.807) is 13.0 Å². The summed E-state index contributed by atoms with van der Waals surface area (Å²) in [5, 5.41) is 6.01. The minimum absolute atomic E-state index is 0.113. The number of ether oxygens (including phenoxy) is 1. The topological polar surface area (TPSA) is 50.4 Å². The summed E-state index contributed by atoms with van der Waals surface area (Å²) in [4.78, 5) is 12.2. The van der Waals surface area contributed by atoms with Crippen LogP contribution in [-0.4, -0.2) is 30.7 Å². The number of hydrogen-bond acceptors (Lipinski definition) is 3. The molecule has 2 N–H and O–H groups in total. The monoisotopic (exact) mass is 294 g/mol. The first kappa shape index (κ1) is 15.9. The molecule has 0 aromatic heterocycles. The zero-order chi connectivity index (χ0) is 15.4. The van der Waals surface area contributed by atoms with Crippen molar-refractivity contribution in [2.75, 3.05) is 11.9 Å². The lowest BCUT2D eigenvalue weighted by Gasteiger charge is -2.24. The second-order valence-electron chi connectivity index (χ2n) is 5.68. The summed E-state index contributed by atoms with van der Waals surface area (Å²) in [5.41, 5.74) is 1.35. The van der Waals surface area contributed by atoms with Crippen molar-refractivity contribution in [3.05, 3.63) is 29.6 Å². The van der Waals surface area contributed by atoms with E-state index in [9.17, 15) is 9.18 Å². The van der Waals surface area contributed by atoms with Gasteiger partial charge in [0.15, 0.2) is 0 Å². The zero-order valence-corrected chi connectivity index (χ0v) is 12.8. The molecule has 0 unspecified atom stereocenters. The number of anilines is 1. The van der Waals surface area contributed by atoms with Crippen molar-refractivity contribution in [1.82, 2.24) is 5.32 Å². The van der Waals surface area contributed by atoms with Crippen LogP contribution < -0.4 is 10.6 Å². The van der Waals surface area contributed by atoms with Gasteiger partial charge in [-0.2, -0.15) is 0 Å². The van der Waals surface area contributed by atoms with Crippen LogP contribution in [0.4, 0.5) is 10.1 Å². The fourth-order valence-corrected chi connectivity index (χ4v) is 2.54. The van der Waals surface area contributed by atoms with Gasteiger partial charge in [0, 0.05) is 18.3 Å². The predicted octanol–water partition coefficient (Wildman–Crippen LogP) is 2.62. The molecule has 1 saturated heterocycles. The van der Waals surface area contributed by atoms with E-state index in [1.807, 2.05) is 13.8 Å². The highest BCUT2D eigenvalue weighted by molar-refractivity contribution is 5.95. The number of aryl methyl sites for hydroxylation is 1. The van der Waals surface area contributed by atoms with Gasteiger partial charge in [0.05, 0.1) is 12.1 Å². The summed E-state index contributed by atoms with van der Waals surface area (Å²) in [7, 11) is 0. The Hall–Kier alpha value is -1.46. The van der Waals surface area contributed by atoms with Gasteiger partial charge in [-0.15, -0.1) is 0 Å². The van der Waals surface area contributed by atoms with E-state index in [2.05, 4.69) is 10.6 Å². The SMILES string of the molecule is Cc1ccc(F)cc1NC(=O)[C@H](C)N[C@@H](C)[C@H]1CCCO1. The smallest absolute Gasteiger partial charge is 0.241 e. The lowest BCUT2D eigenvalue weighted by atomic mass is 10.1. The lowest BCUT2D eigenvalue weighted by Crippen LogP contribution is -2.47. The highest BCUT2D eigenvalue weighted by Gasteiger charge is 2.25. The molecule has 21 heavy (non-hydrogen) atoms. The molecular weight excluding hydrogens is 271 g/mol. The fraction of sp³-hybridized carbons (Fsp3) is 0.562. The zero-order valence-electron chi connectivity index (χ0n) is 12.8. The minimum Gasteiger partial charge on any atom is -0.377 e. The Balaban J connectivity index is 1.91. The number of carbonyl (C=O) groups excluding carboxylic acids is 1. The number of amides is 1. The largest absolute Gasteiger partial charge is 0.377 e. The number of halogens is 1. The van der Waals surface area contributed by atoms with Gasteiger partial charge in [-0.25, -0.2) is 4.39 Å². The van der Waals surface area contributed by atoms with Gasteiger partial charge in [-0.3, -0.25) is 4.79 Å². The van der Waals surface area contributed by atoms with Crippen LogP contribution in [0.15, 0.2) is 18.2 Å². The van der Waals surface area contributed by atoms with Crippen LogP contribution in [0.1, 0.15) is 32.3 Å². The molecule has 1 aromatic rings. The lowest BCUT2D eigenvalue weighted by molar-refractivity contribution is -0.118. The standard InChI is InChI=1S/C16H23FN2O2/c1-10-6-7-13(17)9-14(10)19-16(20)12(3)18-11(2)15-5-4-8-21-15/h6-7,9,11-12,15,18H,4-5,8H2,1-3H3,(H,19,20)/t11-,12-,15+/m0/s1. The fourth-order valence-electron chi connectivity index (χ4n) is 2.54. The average molecular weight is 294 g/mol. The Bertz CT molecular complexity index is 501. The Morgan fingerprint density at radius 2 is 2.19 bits per heavy atom. The first-order chi connectivity index (χ1) is 9.97. The number of hydrogen-bond donors (Lipinski definition) is 2. The number of carbonyl (C=O) groups is 1. The van der Waals surface area contributed by atoms with Crippen molar-refractivity contribution in [3.8, 4) is 0 Å². The van der Waals surface area contributed by atoms with Crippen LogP contribution in [0, 0.1) is 12.7 Å². The van der Waals surface area contributed by atoms with Gasteiger partial charge in [0.25, 0.3) is 0 Å². The quantitative estimate of drug-likeness (QED) is 0.877. The van der Waals surface area contributed by atoms with E-state index < -0.39 is 0 Å². The molecule has 2 rings (SSSR count). The summed E-state index contributed by atoms with van der Waals surface area (Å²) in [6.45, 7) is 6.45. The third-order valence-corrected chi connectivity index (χ3v) is 3.89. The summed E-state index contributed by atoms with van der Waals surface area (Å²) < 4.78 is 18.8. The maximum atomic E-state index is 13.2. The van der Waals surface area contributed by atoms with E-state index in [0.717, 1.165) is 25.0 Å². The molecule has 3 atom stereocenters. The van der Waals surface area contributed by atoms with Gasteiger partial charge in [-0.05, 0) is 51.3 Å². The second-order valence-corrected chi connectivity index (χ2v) is 5.68. The maximum Gasteiger partial charge on any atom is 0.241 e. The maximum absolute atomic E-state index is 13.2. The first-order valence-corrected chi connectivity index (χ1v) is 7.42. The molecule has 5 heteroatoms.